The van der Waals surface area contributed by atoms with Gasteiger partial charge in [0.2, 0.25) is 0 Å². The fourth-order valence-electron chi connectivity index (χ4n) is 1.82. The second kappa shape index (κ2) is 6.09. The highest BCUT2D eigenvalue weighted by atomic mass is 35.5. The standard InChI is InChI=1S/C16H18ClNO/c1-11-6-7-14(16(17)8-11)10-19-15-5-3-4-13(9-15)12(2)18/h3-9,12H,10,18H2,1-2H3/t12-/m0/s1. The number of rotatable bonds is 4. The van der Waals surface area contributed by atoms with Crippen molar-refractivity contribution in [1.82, 2.24) is 0 Å². The van der Waals surface area contributed by atoms with Crippen LogP contribution in [0.3, 0.4) is 0 Å². The zero-order valence-electron chi connectivity index (χ0n) is 11.2. The van der Waals surface area contributed by atoms with Gasteiger partial charge in [-0.25, -0.2) is 0 Å². The first-order valence-electron chi connectivity index (χ1n) is 6.29. The van der Waals surface area contributed by atoms with Crippen LogP contribution in [0.1, 0.15) is 29.7 Å². The van der Waals surface area contributed by atoms with Crippen LogP contribution in [0, 0.1) is 6.92 Å². The summed E-state index contributed by atoms with van der Waals surface area (Å²) in [6, 6.07) is 13.8. The van der Waals surface area contributed by atoms with E-state index in [1.54, 1.807) is 0 Å². The number of halogens is 1. The Morgan fingerprint density at radius 1 is 1.21 bits per heavy atom. The molecule has 0 saturated carbocycles. The molecule has 0 heterocycles. The Balaban J connectivity index is 2.08. The van der Waals surface area contributed by atoms with Gasteiger partial charge < -0.3 is 10.5 Å². The summed E-state index contributed by atoms with van der Waals surface area (Å²) in [5.74, 6) is 0.812. The highest BCUT2D eigenvalue weighted by Crippen LogP contribution is 2.22. The summed E-state index contributed by atoms with van der Waals surface area (Å²) < 4.78 is 5.76. The molecule has 0 saturated heterocycles. The lowest BCUT2D eigenvalue weighted by molar-refractivity contribution is 0.306. The van der Waals surface area contributed by atoms with Crippen LogP contribution >= 0.6 is 11.6 Å². The van der Waals surface area contributed by atoms with Crippen molar-refractivity contribution >= 4 is 11.6 Å². The topological polar surface area (TPSA) is 35.2 Å². The Labute approximate surface area is 119 Å². The lowest BCUT2D eigenvalue weighted by atomic mass is 10.1. The molecule has 0 radical (unpaired) electrons. The summed E-state index contributed by atoms with van der Waals surface area (Å²) in [5, 5.41) is 0.739. The van der Waals surface area contributed by atoms with Crippen molar-refractivity contribution in [3.8, 4) is 5.75 Å². The number of ether oxygens (including phenoxy) is 1. The molecule has 2 N–H and O–H groups in total. The highest BCUT2D eigenvalue weighted by Gasteiger charge is 2.04. The summed E-state index contributed by atoms with van der Waals surface area (Å²) in [7, 11) is 0. The predicted molar refractivity (Wildman–Crippen MR) is 79.6 cm³/mol. The lowest BCUT2D eigenvalue weighted by Gasteiger charge is -2.11. The number of hydrogen-bond donors (Lipinski definition) is 1. The average Bonchev–Trinajstić information content (AvgIpc) is 2.38. The average molecular weight is 276 g/mol. The van der Waals surface area contributed by atoms with Gasteiger partial charge in [-0.3, -0.25) is 0 Å². The maximum absolute atomic E-state index is 6.18. The summed E-state index contributed by atoms with van der Waals surface area (Å²) in [5.41, 5.74) is 9.05. The van der Waals surface area contributed by atoms with Gasteiger partial charge in [0, 0.05) is 16.6 Å². The second-order valence-electron chi connectivity index (χ2n) is 4.74. The number of hydrogen-bond acceptors (Lipinski definition) is 2. The minimum Gasteiger partial charge on any atom is -0.489 e. The van der Waals surface area contributed by atoms with Crippen molar-refractivity contribution in [3.05, 3.63) is 64.2 Å². The lowest BCUT2D eigenvalue weighted by Crippen LogP contribution is -2.05. The van der Waals surface area contributed by atoms with Crippen LogP contribution in [-0.2, 0) is 6.61 Å². The quantitative estimate of drug-likeness (QED) is 0.905. The largest absolute Gasteiger partial charge is 0.489 e. The molecule has 0 amide bonds. The summed E-state index contributed by atoms with van der Waals surface area (Å²) in [6.45, 7) is 4.43. The van der Waals surface area contributed by atoms with E-state index in [1.807, 2.05) is 56.3 Å². The molecule has 0 aliphatic carbocycles. The molecule has 0 aromatic heterocycles. The summed E-state index contributed by atoms with van der Waals surface area (Å²) >= 11 is 6.18. The predicted octanol–water partition coefficient (Wildman–Crippen LogP) is 4.25. The maximum atomic E-state index is 6.18. The molecule has 0 aliphatic heterocycles. The SMILES string of the molecule is Cc1ccc(COc2cccc([C@H](C)N)c2)c(Cl)c1. The smallest absolute Gasteiger partial charge is 0.120 e. The van der Waals surface area contributed by atoms with Crippen LogP contribution in [0.25, 0.3) is 0 Å². The first-order chi connectivity index (χ1) is 9.06. The van der Waals surface area contributed by atoms with Crippen molar-refractivity contribution in [2.75, 3.05) is 0 Å². The first-order valence-corrected chi connectivity index (χ1v) is 6.67. The van der Waals surface area contributed by atoms with Crippen molar-refractivity contribution in [2.24, 2.45) is 5.73 Å². The van der Waals surface area contributed by atoms with E-state index in [0.717, 1.165) is 27.5 Å². The Bertz CT molecular complexity index is 566. The van der Waals surface area contributed by atoms with Crippen LogP contribution in [0.5, 0.6) is 5.75 Å². The molecule has 100 valence electrons. The summed E-state index contributed by atoms with van der Waals surface area (Å²) in [4.78, 5) is 0. The fraction of sp³-hybridized carbons (Fsp3) is 0.250. The molecular formula is C16H18ClNO. The summed E-state index contributed by atoms with van der Waals surface area (Å²) in [6.07, 6.45) is 0. The van der Waals surface area contributed by atoms with E-state index in [9.17, 15) is 0 Å². The van der Waals surface area contributed by atoms with Crippen LogP contribution in [0.15, 0.2) is 42.5 Å². The van der Waals surface area contributed by atoms with E-state index < -0.39 is 0 Å². The Morgan fingerprint density at radius 2 is 2.00 bits per heavy atom. The van der Waals surface area contributed by atoms with Gasteiger partial charge >= 0.3 is 0 Å². The van der Waals surface area contributed by atoms with E-state index in [1.165, 1.54) is 0 Å². The van der Waals surface area contributed by atoms with Gasteiger partial charge in [0.1, 0.15) is 12.4 Å². The molecule has 0 aliphatic rings. The molecule has 2 nitrogen and oxygen atoms in total. The van der Waals surface area contributed by atoms with E-state index in [0.29, 0.717) is 6.61 Å². The molecule has 0 fully saturated rings. The minimum absolute atomic E-state index is 0.00603. The molecule has 2 aromatic carbocycles. The van der Waals surface area contributed by atoms with E-state index in [4.69, 9.17) is 22.1 Å². The zero-order valence-corrected chi connectivity index (χ0v) is 11.9. The molecule has 0 bridgehead atoms. The maximum Gasteiger partial charge on any atom is 0.120 e. The minimum atomic E-state index is 0.00603. The second-order valence-corrected chi connectivity index (χ2v) is 5.15. The number of nitrogens with two attached hydrogens (primary N) is 1. The number of benzene rings is 2. The third-order valence-electron chi connectivity index (χ3n) is 2.99. The van der Waals surface area contributed by atoms with Crippen molar-refractivity contribution in [3.63, 3.8) is 0 Å². The Morgan fingerprint density at radius 3 is 2.68 bits per heavy atom. The monoisotopic (exact) mass is 275 g/mol. The molecular weight excluding hydrogens is 258 g/mol. The van der Waals surface area contributed by atoms with Gasteiger partial charge in [0.15, 0.2) is 0 Å². The van der Waals surface area contributed by atoms with Gasteiger partial charge in [-0.15, -0.1) is 0 Å². The van der Waals surface area contributed by atoms with E-state index >= 15 is 0 Å². The van der Waals surface area contributed by atoms with Crippen LogP contribution in [-0.4, -0.2) is 0 Å². The highest BCUT2D eigenvalue weighted by molar-refractivity contribution is 6.31. The number of aryl methyl sites for hydroxylation is 1. The van der Waals surface area contributed by atoms with Crippen molar-refractivity contribution in [1.29, 1.82) is 0 Å². The van der Waals surface area contributed by atoms with Gasteiger partial charge in [0.05, 0.1) is 0 Å². The van der Waals surface area contributed by atoms with E-state index in [-0.39, 0.29) is 6.04 Å². The third kappa shape index (κ3) is 3.72. The van der Waals surface area contributed by atoms with Crippen molar-refractivity contribution < 1.29 is 4.74 Å². The van der Waals surface area contributed by atoms with Crippen LogP contribution in [0.4, 0.5) is 0 Å². The zero-order chi connectivity index (χ0) is 13.8. The Hall–Kier alpha value is -1.51. The molecule has 19 heavy (non-hydrogen) atoms. The van der Waals surface area contributed by atoms with Gasteiger partial charge in [-0.1, -0.05) is 35.9 Å². The third-order valence-corrected chi connectivity index (χ3v) is 3.34. The van der Waals surface area contributed by atoms with Crippen LogP contribution in [0.2, 0.25) is 5.02 Å². The molecule has 2 aromatic rings. The molecule has 1 atom stereocenters. The first kappa shape index (κ1) is 13.9. The molecule has 3 heteroatoms. The van der Waals surface area contributed by atoms with Gasteiger partial charge in [-0.05, 0) is 43.2 Å². The van der Waals surface area contributed by atoms with Crippen molar-refractivity contribution in [2.45, 2.75) is 26.5 Å². The molecule has 0 spiro atoms. The molecule has 2 rings (SSSR count). The fourth-order valence-corrected chi connectivity index (χ4v) is 2.11. The Kier molecular flexibility index (Phi) is 4.46. The molecule has 0 unspecified atom stereocenters. The van der Waals surface area contributed by atoms with E-state index in [2.05, 4.69) is 0 Å². The van der Waals surface area contributed by atoms with Crippen LogP contribution < -0.4 is 10.5 Å². The normalized spacial score (nSPS) is 12.2. The van der Waals surface area contributed by atoms with Gasteiger partial charge in [-0.2, -0.15) is 0 Å². The van der Waals surface area contributed by atoms with Gasteiger partial charge in [0.25, 0.3) is 0 Å².